The number of carbonyl (C=O) groups is 1. The van der Waals surface area contributed by atoms with Crippen LogP contribution in [0, 0.1) is 18.8 Å². The molecule has 18 heavy (non-hydrogen) atoms. The van der Waals surface area contributed by atoms with Crippen molar-refractivity contribution in [2.45, 2.75) is 38.8 Å². The normalized spacial score (nSPS) is 31.7. The molecule has 1 aromatic rings. The lowest BCUT2D eigenvalue weighted by Gasteiger charge is -2.23. The van der Waals surface area contributed by atoms with Crippen LogP contribution in [-0.4, -0.2) is 28.6 Å². The molecule has 1 aromatic heterocycles. The van der Waals surface area contributed by atoms with Gasteiger partial charge in [0.25, 0.3) is 0 Å². The minimum Gasteiger partial charge on any atom is -0.480 e. The zero-order valence-corrected chi connectivity index (χ0v) is 11.4. The molecule has 3 unspecified atom stereocenters. The molecule has 4 heteroatoms. The van der Waals surface area contributed by atoms with Crippen LogP contribution in [-0.2, 0) is 11.3 Å². The van der Waals surface area contributed by atoms with E-state index in [1.54, 1.807) is 11.3 Å². The Morgan fingerprint density at radius 2 is 2.39 bits per heavy atom. The highest BCUT2D eigenvalue weighted by atomic mass is 32.1. The predicted octanol–water partition coefficient (Wildman–Crippen LogP) is 2.74. The number of thiophene rings is 1. The molecule has 0 bridgehead atoms. The van der Waals surface area contributed by atoms with Crippen molar-refractivity contribution in [3.63, 3.8) is 0 Å². The average molecular weight is 265 g/mol. The number of aliphatic carboxylic acids is 1. The first-order valence-corrected chi connectivity index (χ1v) is 7.54. The molecule has 0 radical (unpaired) electrons. The minimum atomic E-state index is -0.626. The summed E-state index contributed by atoms with van der Waals surface area (Å²) in [5.41, 5.74) is 1.29. The van der Waals surface area contributed by atoms with Crippen molar-refractivity contribution in [3.05, 3.63) is 21.9 Å². The Bertz CT molecular complexity index is 456. The summed E-state index contributed by atoms with van der Waals surface area (Å²) in [6.07, 6.45) is 3.53. The smallest absolute Gasteiger partial charge is 0.321 e. The van der Waals surface area contributed by atoms with Gasteiger partial charge in [0.15, 0.2) is 0 Å². The third-order valence-corrected chi connectivity index (χ3v) is 5.56. The number of carboxylic acids is 1. The predicted molar refractivity (Wildman–Crippen MR) is 71.7 cm³/mol. The average Bonchev–Trinajstić information content (AvgIpc) is 2.95. The molecule has 98 valence electrons. The van der Waals surface area contributed by atoms with Crippen LogP contribution in [0.4, 0.5) is 0 Å². The van der Waals surface area contributed by atoms with Gasteiger partial charge < -0.3 is 5.11 Å². The van der Waals surface area contributed by atoms with Gasteiger partial charge in [-0.2, -0.15) is 0 Å². The van der Waals surface area contributed by atoms with E-state index < -0.39 is 5.97 Å². The molecule has 3 nitrogen and oxygen atoms in total. The van der Waals surface area contributed by atoms with Crippen LogP contribution < -0.4 is 0 Å². The van der Waals surface area contributed by atoms with Crippen LogP contribution in [0.3, 0.4) is 0 Å². The van der Waals surface area contributed by atoms with E-state index in [0.717, 1.165) is 19.5 Å². The van der Waals surface area contributed by atoms with Crippen LogP contribution >= 0.6 is 11.3 Å². The van der Waals surface area contributed by atoms with Gasteiger partial charge >= 0.3 is 5.97 Å². The van der Waals surface area contributed by atoms with Gasteiger partial charge in [0.05, 0.1) is 0 Å². The number of fused-ring (bicyclic) bond motifs is 1. The second kappa shape index (κ2) is 4.67. The van der Waals surface area contributed by atoms with E-state index in [2.05, 4.69) is 23.3 Å². The monoisotopic (exact) mass is 265 g/mol. The topological polar surface area (TPSA) is 40.5 Å². The third-order valence-electron chi connectivity index (χ3n) is 4.55. The quantitative estimate of drug-likeness (QED) is 0.913. The van der Waals surface area contributed by atoms with Crippen LogP contribution in [0.5, 0.6) is 0 Å². The van der Waals surface area contributed by atoms with Crippen LogP contribution in [0.2, 0.25) is 0 Å². The van der Waals surface area contributed by atoms with Gasteiger partial charge in [-0.1, -0.05) is 6.42 Å². The number of carboxylic acid groups (broad SMARTS) is 1. The van der Waals surface area contributed by atoms with Gasteiger partial charge in [-0.25, -0.2) is 0 Å². The maximum atomic E-state index is 11.5. The molecule has 0 spiro atoms. The second-order valence-electron chi connectivity index (χ2n) is 5.59. The van der Waals surface area contributed by atoms with Crippen LogP contribution in [0.15, 0.2) is 11.4 Å². The summed E-state index contributed by atoms with van der Waals surface area (Å²) in [7, 11) is 0. The molecule has 1 aliphatic heterocycles. The van der Waals surface area contributed by atoms with E-state index in [1.807, 2.05) is 0 Å². The first kappa shape index (κ1) is 12.2. The zero-order valence-electron chi connectivity index (χ0n) is 10.6. The Labute approximate surface area is 111 Å². The molecule has 2 aliphatic rings. The fourth-order valence-corrected chi connectivity index (χ4v) is 4.58. The van der Waals surface area contributed by atoms with E-state index in [9.17, 15) is 9.90 Å². The molecule has 2 fully saturated rings. The summed E-state index contributed by atoms with van der Waals surface area (Å²) in [5.74, 6) is 0.382. The van der Waals surface area contributed by atoms with Gasteiger partial charge in [0, 0.05) is 18.0 Å². The molecule has 0 amide bonds. The van der Waals surface area contributed by atoms with E-state index >= 15 is 0 Å². The number of likely N-dealkylation sites (tertiary alicyclic amines) is 1. The number of nitrogens with zero attached hydrogens (tertiary/aromatic N) is 1. The molecule has 1 saturated heterocycles. The van der Waals surface area contributed by atoms with Crippen molar-refractivity contribution in [1.29, 1.82) is 0 Å². The Balaban J connectivity index is 1.79. The van der Waals surface area contributed by atoms with Crippen molar-refractivity contribution < 1.29 is 9.90 Å². The first-order chi connectivity index (χ1) is 8.66. The first-order valence-electron chi connectivity index (χ1n) is 6.66. The highest BCUT2D eigenvalue weighted by Crippen LogP contribution is 2.43. The number of aryl methyl sites for hydroxylation is 1. The summed E-state index contributed by atoms with van der Waals surface area (Å²) in [4.78, 5) is 15.0. The number of rotatable bonds is 3. The Kier molecular flexibility index (Phi) is 3.16. The van der Waals surface area contributed by atoms with E-state index in [1.165, 1.54) is 23.3 Å². The van der Waals surface area contributed by atoms with Crippen molar-refractivity contribution in [3.8, 4) is 0 Å². The standard InChI is InChI=1S/C14H19NO2S/c1-9-5-6-18-12(9)8-15-7-10-3-2-4-11(10)13(15)14(16)17/h5-6,10-11,13H,2-4,7-8H2,1H3,(H,16,17). The third kappa shape index (κ3) is 1.97. The Morgan fingerprint density at radius 3 is 3.06 bits per heavy atom. The number of hydrogen-bond donors (Lipinski definition) is 1. The van der Waals surface area contributed by atoms with Gasteiger partial charge in [-0.05, 0) is 48.6 Å². The van der Waals surface area contributed by atoms with Crippen molar-refractivity contribution in [2.24, 2.45) is 11.8 Å². The molecule has 0 aromatic carbocycles. The largest absolute Gasteiger partial charge is 0.480 e. The maximum Gasteiger partial charge on any atom is 0.321 e. The fraction of sp³-hybridized carbons (Fsp3) is 0.643. The summed E-state index contributed by atoms with van der Waals surface area (Å²) in [6.45, 7) is 3.89. The lowest BCUT2D eigenvalue weighted by Crippen LogP contribution is -2.39. The lowest BCUT2D eigenvalue weighted by molar-refractivity contribution is -0.143. The zero-order chi connectivity index (χ0) is 12.7. The van der Waals surface area contributed by atoms with Crippen molar-refractivity contribution >= 4 is 17.3 Å². The maximum absolute atomic E-state index is 11.5. The van der Waals surface area contributed by atoms with E-state index in [-0.39, 0.29) is 6.04 Å². The van der Waals surface area contributed by atoms with Crippen molar-refractivity contribution in [1.82, 2.24) is 4.90 Å². The molecule has 1 aliphatic carbocycles. The van der Waals surface area contributed by atoms with Crippen LogP contribution in [0.25, 0.3) is 0 Å². The van der Waals surface area contributed by atoms with Gasteiger partial charge in [0.2, 0.25) is 0 Å². The highest BCUT2D eigenvalue weighted by Gasteiger charge is 2.47. The molecule has 1 N–H and O–H groups in total. The molecular weight excluding hydrogens is 246 g/mol. The summed E-state index contributed by atoms with van der Waals surface area (Å²) < 4.78 is 0. The van der Waals surface area contributed by atoms with Crippen LogP contribution in [0.1, 0.15) is 29.7 Å². The number of hydrogen-bond acceptors (Lipinski definition) is 3. The minimum absolute atomic E-state index is 0.251. The van der Waals surface area contributed by atoms with Gasteiger partial charge in [0.1, 0.15) is 6.04 Å². The summed E-state index contributed by atoms with van der Waals surface area (Å²) in [6, 6.07) is 1.87. The van der Waals surface area contributed by atoms with E-state index in [0.29, 0.717) is 11.8 Å². The lowest BCUT2D eigenvalue weighted by atomic mass is 9.94. The van der Waals surface area contributed by atoms with E-state index in [4.69, 9.17) is 0 Å². The highest BCUT2D eigenvalue weighted by molar-refractivity contribution is 7.10. The second-order valence-corrected chi connectivity index (χ2v) is 6.59. The Morgan fingerprint density at radius 1 is 1.56 bits per heavy atom. The molecular formula is C14H19NO2S. The molecule has 2 heterocycles. The van der Waals surface area contributed by atoms with Gasteiger partial charge in [-0.15, -0.1) is 11.3 Å². The fourth-order valence-electron chi connectivity index (χ4n) is 3.65. The molecule has 3 rings (SSSR count). The summed E-state index contributed by atoms with van der Waals surface area (Å²) in [5, 5.41) is 11.6. The Hall–Kier alpha value is -0.870. The molecule has 3 atom stereocenters. The SMILES string of the molecule is Cc1ccsc1CN1CC2CCCC2C1C(=O)O. The van der Waals surface area contributed by atoms with Gasteiger partial charge in [-0.3, -0.25) is 9.69 Å². The molecule has 1 saturated carbocycles. The van der Waals surface area contributed by atoms with Crippen molar-refractivity contribution in [2.75, 3.05) is 6.54 Å². The summed E-state index contributed by atoms with van der Waals surface area (Å²) >= 11 is 1.74.